The molecule has 3 aliphatic heterocycles. The Hall–Kier alpha value is -1.62. The number of hydrogen-bond acceptors (Lipinski definition) is 20. The van der Waals surface area contributed by atoms with Crippen LogP contribution in [0.3, 0.4) is 0 Å². The van der Waals surface area contributed by atoms with Crippen LogP contribution in [0.15, 0.2) is 12.2 Å². The monoisotopic (exact) mass is 782 g/mol. The molecule has 54 heavy (non-hydrogen) atoms. The molecule has 0 radical (unpaired) electrons. The summed E-state index contributed by atoms with van der Waals surface area (Å²) in [6, 6.07) is -4.11. The second-order valence-corrected chi connectivity index (χ2v) is 14.8. The Morgan fingerprint density at radius 2 is 1.48 bits per heavy atom. The van der Waals surface area contributed by atoms with Crippen LogP contribution < -0.4 is 45.0 Å². The van der Waals surface area contributed by atoms with Crippen molar-refractivity contribution in [2.75, 3.05) is 32.8 Å². The molecular formula is C32H59FN8O13. The maximum atomic E-state index is 14.1. The zero-order chi connectivity index (χ0) is 39.4. The second-order valence-electron chi connectivity index (χ2n) is 14.8. The molecule has 2 saturated carbocycles. The van der Waals surface area contributed by atoms with E-state index in [2.05, 4.69) is 10.6 Å². The maximum absolute atomic E-state index is 14.1. The first-order valence-electron chi connectivity index (χ1n) is 18.4. The highest BCUT2D eigenvalue weighted by Gasteiger charge is 2.54. The third kappa shape index (κ3) is 9.90. The fourth-order valence-corrected chi connectivity index (χ4v) is 7.42. The van der Waals surface area contributed by atoms with Crippen molar-refractivity contribution in [2.24, 2.45) is 40.3 Å². The summed E-state index contributed by atoms with van der Waals surface area (Å²) >= 11 is 0. The lowest BCUT2D eigenvalue weighted by molar-refractivity contribution is -0.284. The Morgan fingerprint density at radius 3 is 2.13 bits per heavy atom. The van der Waals surface area contributed by atoms with E-state index in [0.717, 1.165) is 19.4 Å². The summed E-state index contributed by atoms with van der Waals surface area (Å²) in [5.41, 5.74) is 35.8. The van der Waals surface area contributed by atoms with Crippen LogP contribution in [0.1, 0.15) is 19.3 Å². The van der Waals surface area contributed by atoms with Gasteiger partial charge in [-0.05, 0) is 31.7 Å². The third-order valence-corrected chi connectivity index (χ3v) is 10.7. The lowest BCUT2D eigenvalue weighted by Crippen LogP contribution is -2.67. The summed E-state index contributed by atoms with van der Waals surface area (Å²) in [5, 5.41) is 69.8. The van der Waals surface area contributed by atoms with E-state index in [-0.39, 0.29) is 19.0 Å². The molecule has 2 aliphatic carbocycles. The molecule has 0 aromatic heterocycles. The van der Waals surface area contributed by atoms with E-state index in [9.17, 15) is 39.8 Å². The number of alkyl halides is 1. The standard InChI is InChI=1S/C32H59FN8O13/c33-14(6-34)21(43)29(48)41-17-5-16(38)26(52-30-15(37)2-1-13(49-30)9-40-8-11-3-12(36)4-11)28(22(17)44)54-32-25(47)27(19(10-42)51-32)53-31-20(39)24(46)23(45)18(7-35)50-31/h1-2,11-28,30-32,40,42-47H,3-10,34-39H2,(H,41,48)/t11?,12?,13-,14-,15+,16-,17+,18-,19+,20+,21?,22-,23+,24+,25+,26+,27+,28+,30+,31+,32-/m0/s1. The lowest BCUT2D eigenvalue weighted by atomic mass is 9.81. The van der Waals surface area contributed by atoms with Gasteiger partial charge in [-0.2, -0.15) is 0 Å². The van der Waals surface area contributed by atoms with E-state index in [0.29, 0.717) is 12.5 Å². The molecule has 20 N–H and O–H groups in total. The Bertz CT molecular complexity index is 1230. The minimum absolute atomic E-state index is 0.150. The van der Waals surface area contributed by atoms with Crippen molar-refractivity contribution >= 4 is 5.91 Å². The zero-order valence-electron chi connectivity index (χ0n) is 29.8. The first-order valence-corrected chi connectivity index (χ1v) is 18.4. The molecule has 0 spiro atoms. The van der Waals surface area contributed by atoms with Crippen molar-refractivity contribution in [1.82, 2.24) is 10.6 Å². The number of carbonyl (C=O) groups is 1. The van der Waals surface area contributed by atoms with Crippen molar-refractivity contribution in [1.29, 1.82) is 0 Å². The van der Waals surface area contributed by atoms with Gasteiger partial charge in [0.1, 0.15) is 61.1 Å². The number of nitrogens with one attached hydrogen (secondary N) is 2. The zero-order valence-corrected chi connectivity index (χ0v) is 29.8. The van der Waals surface area contributed by atoms with E-state index in [1.807, 2.05) is 0 Å². The number of aliphatic hydroxyl groups is 6. The van der Waals surface area contributed by atoms with Crippen LogP contribution in [-0.2, 0) is 33.2 Å². The second kappa shape index (κ2) is 19.2. The minimum Gasteiger partial charge on any atom is -0.394 e. The molecule has 22 heteroatoms. The number of rotatable bonds is 16. The predicted octanol–water partition coefficient (Wildman–Crippen LogP) is -7.88. The molecule has 1 unspecified atom stereocenters. The van der Waals surface area contributed by atoms with E-state index in [1.54, 1.807) is 12.2 Å². The smallest absolute Gasteiger partial charge is 0.252 e. The van der Waals surface area contributed by atoms with Gasteiger partial charge in [0, 0.05) is 31.7 Å². The lowest BCUT2D eigenvalue weighted by Gasteiger charge is -2.46. The molecule has 0 bridgehead atoms. The minimum atomic E-state index is -2.14. The van der Waals surface area contributed by atoms with Gasteiger partial charge in [-0.1, -0.05) is 12.2 Å². The van der Waals surface area contributed by atoms with Crippen LogP contribution in [0.5, 0.6) is 0 Å². The number of aliphatic hydroxyl groups excluding tert-OH is 6. The molecule has 21 nitrogen and oxygen atoms in total. The predicted molar refractivity (Wildman–Crippen MR) is 184 cm³/mol. The van der Waals surface area contributed by atoms with Gasteiger partial charge in [0.25, 0.3) is 5.91 Å². The van der Waals surface area contributed by atoms with Crippen molar-refractivity contribution in [3.8, 4) is 0 Å². The van der Waals surface area contributed by atoms with Gasteiger partial charge in [0.2, 0.25) is 0 Å². The van der Waals surface area contributed by atoms with Crippen LogP contribution in [0.25, 0.3) is 0 Å². The molecule has 0 aromatic rings. The summed E-state index contributed by atoms with van der Waals surface area (Å²) in [5.74, 6) is -0.692. The topological polar surface area (TPSA) is 374 Å². The molecule has 19 atom stereocenters. The average Bonchev–Trinajstić information content (AvgIpc) is 3.44. The molecule has 312 valence electrons. The molecule has 4 fully saturated rings. The molecule has 2 saturated heterocycles. The largest absolute Gasteiger partial charge is 0.394 e. The van der Waals surface area contributed by atoms with E-state index < -0.39 is 135 Å². The van der Waals surface area contributed by atoms with Crippen molar-refractivity contribution in [2.45, 2.75) is 142 Å². The van der Waals surface area contributed by atoms with Gasteiger partial charge in [-0.25, -0.2) is 4.39 Å². The summed E-state index contributed by atoms with van der Waals surface area (Å²) in [6.07, 6.45) is -16.4. The Kier molecular flexibility index (Phi) is 15.5. The number of amides is 1. The van der Waals surface area contributed by atoms with Crippen LogP contribution in [0.2, 0.25) is 0 Å². The Labute approximate surface area is 311 Å². The van der Waals surface area contributed by atoms with Gasteiger partial charge >= 0.3 is 0 Å². The molecule has 0 aromatic carbocycles. The maximum Gasteiger partial charge on any atom is 0.252 e. The quantitative estimate of drug-likeness (QED) is 0.0646. The Balaban J connectivity index is 1.31. The first kappa shape index (κ1) is 43.5. The van der Waals surface area contributed by atoms with Crippen LogP contribution in [0.4, 0.5) is 4.39 Å². The molecule has 5 aliphatic rings. The van der Waals surface area contributed by atoms with Crippen molar-refractivity contribution in [3.63, 3.8) is 0 Å². The van der Waals surface area contributed by atoms with Gasteiger partial charge in [-0.15, -0.1) is 0 Å². The molecule has 3 heterocycles. The van der Waals surface area contributed by atoms with Gasteiger partial charge in [-0.3, -0.25) is 4.79 Å². The third-order valence-electron chi connectivity index (χ3n) is 10.7. The van der Waals surface area contributed by atoms with Gasteiger partial charge in [0.05, 0.1) is 30.8 Å². The number of halogens is 1. The summed E-state index contributed by atoms with van der Waals surface area (Å²) < 4.78 is 50.0. The fourth-order valence-electron chi connectivity index (χ4n) is 7.42. The van der Waals surface area contributed by atoms with Gasteiger partial charge in [0.15, 0.2) is 25.0 Å². The van der Waals surface area contributed by atoms with E-state index in [4.69, 9.17) is 62.8 Å². The van der Waals surface area contributed by atoms with E-state index >= 15 is 0 Å². The SMILES string of the molecule is NC[C@@H]1O[C@H](O[C@H]2[C@@H](O)[C@H](O[C@@H]3[C@@H](O)[C@H](NC(=O)C(O)[C@@H](F)CN)C[C@H](N)[C@H]3O[C@H]3O[C@H](CNCC4CC(N)C4)C=C[C@H]3N)O[C@@H]2CO)[C@H](N)[C@@H](O)[C@@H]1O. The first-order chi connectivity index (χ1) is 25.7. The normalized spacial score (nSPS) is 46.5. The van der Waals surface area contributed by atoms with Crippen molar-refractivity contribution in [3.05, 3.63) is 12.2 Å². The highest BCUT2D eigenvalue weighted by atomic mass is 19.1. The number of hydrogen-bond donors (Lipinski definition) is 14. The Morgan fingerprint density at radius 1 is 0.815 bits per heavy atom. The molecular weight excluding hydrogens is 723 g/mol. The summed E-state index contributed by atoms with van der Waals surface area (Å²) in [6.45, 7) is -0.354. The molecule has 1 amide bonds. The molecule has 5 rings (SSSR count). The van der Waals surface area contributed by atoms with Crippen LogP contribution in [-0.4, -0.2) is 192 Å². The highest BCUT2D eigenvalue weighted by molar-refractivity contribution is 5.81. The summed E-state index contributed by atoms with van der Waals surface area (Å²) in [7, 11) is 0. The number of carbonyl (C=O) groups excluding carboxylic acids is 1. The fraction of sp³-hybridized carbons (Fsp3) is 0.906. The van der Waals surface area contributed by atoms with E-state index in [1.165, 1.54) is 0 Å². The van der Waals surface area contributed by atoms with Gasteiger partial charge < -0.3 is 104 Å². The highest BCUT2D eigenvalue weighted by Crippen LogP contribution is 2.34. The number of ether oxygens (including phenoxy) is 6. The van der Waals surface area contributed by atoms with Crippen LogP contribution in [0, 0.1) is 5.92 Å². The average molecular weight is 783 g/mol. The van der Waals surface area contributed by atoms with Crippen molar-refractivity contribution < 1.29 is 68.2 Å². The van der Waals surface area contributed by atoms with Crippen LogP contribution >= 0.6 is 0 Å². The number of nitrogens with two attached hydrogens (primary N) is 6. The summed E-state index contributed by atoms with van der Waals surface area (Å²) in [4.78, 5) is 12.7.